The van der Waals surface area contributed by atoms with Crippen LogP contribution in [0.2, 0.25) is 0 Å². The van der Waals surface area contributed by atoms with Crippen LogP contribution in [0.4, 0.5) is 0 Å². The van der Waals surface area contributed by atoms with E-state index in [0.29, 0.717) is 11.7 Å². The summed E-state index contributed by atoms with van der Waals surface area (Å²) in [5.74, 6) is 0.974. The second-order valence-electron chi connectivity index (χ2n) is 8.09. The van der Waals surface area contributed by atoms with Crippen LogP contribution in [0.15, 0.2) is 24.3 Å². The van der Waals surface area contributed by atoms with Gasteiger partial charge in [-0.3, -0.25) is 4.79 Å². The first-order valence-corrected chi connectivity index (χ1v) is 13.5. The lowest BCUT2D eigenvalue weighted by Gasteiger charge is -2.27. The van der Waals surface area contributed by atoms with Gasteiger partial charge >= 0.3 is 0 Å². The molecule has 0 aliphatic carbocycles. The molecule has 1 aromatic carbocycles. The van der Waals surface area contributed by atoms with Crippen LogP contribution >= 0.6 is 7.26 Å². The van der Waals surface area contributed by atoms with Crippen molar-refractivity contribution in [3.63, 3.8) is 0 Å². The number of unbranched alkanes of at least 4 members (excludes halogenated alkanes) is 3. The van der Waals surface area contributed by atoms with Crippen molar-refractivity contribution < 1.29 is 17.2 Å². The van der Waals surface area contributed by atoms with Gasteiger partial charge in [0.05, 0.1) is 18.5 Å². The molecule has 1 rings (SSSR count). The number of carbonyl (C=O) groups is 1. The van der Waals surface area contributed by atoms with Crippen molar-refractivity contribution in [2.75, 3.05) is 24.6 Å². The number of rotatable bonds is 14. The van der Waals surface area contributed by atoms with Gasteiger partial charge in [-0.2, -0.15) is 0 Å². The van der Waals surface area contributed by atoms with E-state index in [-0.39, 0.29) is 12.4 Å². The topological polar surface area (TPSA) is 17.1 Å². The van der Waals surface area contributed by atoms with Gasteiger partial charge in [-0.1, -0.05) is 78.1 Å². The number of ketones is 1. The van der Waals surface area contributed by atoms with Crippen molar-refractivity contribution in [1.82, 2.24) is 0 Å². The van der Waals surface area contributed by atoms with E-state index in [1.807, 2.05) is 0 Å². The summed E-state index contributed by atoms with van der Waals surface area (Å²) >= 11 is 0. The zero-order chi connectivity index (χ0) is 19.4. The molecule has 1 atom stereocenters. The first-order chi connectivity index (χ1) is 12.5. The molecular formula is C24H42ClOP. The van der Waals surface area contributed by atoms with Crippen molar-refractivity contribution in [3.05, 3.63) is 35.4 Å². The molecule has 0 N–H and O–H groups in total. The minimum Gasteiger partial charge on any atom is -1.00 e. The van der Waals surface area contributed by atoms with E-state index in [2.05, 4.69) is 58.9 Å². The third kappa shape index (κ3) is 9.10. The first-order valence-electron chi connectivity index (χ1n) is 11.0. The molecule has 0 heterocycles. The summed E-state index contributed by atoms with van der Waals surface area (Å²) in [5, 5.41) is 0. The summed E-state index contributed by atoms with van der Waals surface area (Å²) in [7, 11) is -1.15. The Balaban J connectivity index is 0.00000676. The van der Waals surface area contributed by atoms with E-state index in [1.54, 1.807) is 0 Å². The van der Waals surface area contributed by atoms with Gasteiger partial charge in [0, 0.05) is 12.8 Å². The summed E-state index contributed by atoms with van der Waals surface area (Å²) in [4.78, 5) is 13.1. The molecule has 0 radical (unpaired) electrons. The second kappa shape index (κ2) is 14.6. The van der Waals surface area contributed by atoms with E-state index in [0.717, 1.165) is 18.1 Å². The number of benzene rings is 1. The standard InChI is InChI=1S/C24H42OP.ClH/c1-6-10-17-26(18-11-7-2,19-12-8-3)20-24(25)23-15-13-22(14-16-23)21(5)9-4;/h13-16,21H,6-12,17-20H2,1-5H3;1H/q+1;/p-1. The number of carbonyl (C=O) groups excluding carboxylic acids is 1. The molecule has 0 amide bonds. The molecule has 3 heteroatoms. The van der Waals surface area contributed by atoms with Gasteiger partial charge in [-0.25, -0.2) is 0 Å². The van der Waals surface area contributed by atoms with Gasteiger partial charge in [0.1, 0.15) is 6.16 Å². The monoisotopic (exact) mass is 412 g/mol. The Labute approximate surface area is 175 Å². The molecule has 0 aromatic heterocycles. The highest BCUT2D eigenvalue weighted by molar-refractivity contribution is 7.76. The largest absolute Gasteiger partial charge is 1.00 e. The molecule has 156 valence electrons. The van der Waals surface area contributed by atoms with Gasteiger partial charge in [-0.05, 0) is 37.2 Å². The summed E-state index contributed by atoms with van der Waals surface area (Å²) in [5.41, 5.74) is 2.29. The first kappa shape index (κ1) is 26.6. The lowest BCUT2D eigenvalue weighted by molar-refractivity contribution is -0.0000137. The van der Waals surface area contributed by atoms with Crippen LogP contribution in [0.3, 0.4) is 0 Å². The van der Waals surface area contributed by atoms with Crippen molar-refractivity contribution in [1.29, 1.82) is 0 Å². The van der Waals surface area contributed by atoms with Crippen molar-refractivity contribution in [2.24, 2.45) is 0 Å². The van der Waals surface area contributed by atoms with E-state index in [4.69, 9.17) is 0 Å². The highest BCUT2D eigenvalue weighted by atomic mass is 35.5. The predicted octanol–water partition coefficient (Wildman–Crippen LogP) is 4.80. The van der Waals surface area contributed by atoms with Crippen LogP contribution in [0.1, 0.15) is 101 Å². The SMILES string of the molecule is CCCC[P+](CCCC)(CCCC)CC(=O)c1ccc(C(C)CC)cc1.[Cl-]. The van der Waals surface area contributed by atoms with Crippen molar-refractivity contribution >= 4 is 13.0 Å². The van der Waals surface area contributed by atoms with Gasteiger partial charge in [-0.15, -0.1) is 0 Å². The molecule has 0 spiro atoms. The summed E-state index contributed by atoms with van der Waals surface area (Å²) in [6.07, 6.45) is 13.6. The van der Waals surface area contributed by atoms with Crippen LogP contribution in [0, 0.1) is 0 Å². The fraction of sp³-hybridized carbons (Fsp3) is 0.708. The third-order valence-corrected chi connectivity index (χ3v) is 10.6. The average Bonchev–Trinajstić information content (AvgIpc) is 2.68. The van der Waals surface area contributed by atoms with Gasteiger partial charge in [0.2, 0.25) is 0 Å². The quantitative estimate of drug-likeness (QED) is 0.316. The highest BCUT2D eigenvalue weighted by Gasteiger charge is 2.38. The Morgan fingerprint density at radius 2 is 1.30 bits per heavy atom. The molecule has 0 bridgehead atoms. The molecule has 1 nitrogen and oxygen atoms in total. The molecule has 1 unspecified atom stereocenters. The molecule has 0 saturated carbocycles. The Bertz CT molecular complexity index is 490. The van der Waals surface area contributed by atoms with E-state index in [1.165, 1.54) is 62.6 Å². The van der Waals surface area contributed by atoms with Crippen LogP contribution in [-0.2, 0) is 0 Å². The van der Waals surface area contributed by atoms with E-state index >= 15 is 0 Å². The molecule has 0 saturated heterocycles. The average molecular weight is 413 g/mol. The van der Waals surface area contributed by atoms with Gasteiger partial charge in [0.25, 0.3) is 0 Å². The molecular weight excluding hydrogens is 371 g/mol. The van der Waals surface area contributed by atoms with Gasteiger partial charge in [0.15, 0.2) is 5.78 Å². The molecule has 1 aromatic rings. The van der Waals surface area contributed by atoms with Gasteiger partial charge < -0.3 is 12.4 Å². The maximum Gasteiger partial charge on any atom is 0.199 e. The van der Waals surface area contributed by atoms with E-state index in [9.17, 15) is 4.79 Å². The smallest absolute Gasteiger partial charge is 0.199 e. The maximum absolute atomic E-state index is 13.1. The summed E-state index contributed by atoms with van der Waals surface area (Å²) < 4.78 is 0. The molecule has 0 aliphatic heterocycles. The minimum atomic E-state index is -1.15. The number of hydrogen-bond donors (Lipinski definition) is 0. The lowest BCUT2D eigenvalue weighted by atomic mass is 9.97. The fourth-order valence-corrected chi connectivity index (χ4v) is 8.58. The summed E-state index contributed by atoms with van der Waals surface area (Å²) in [6.45, 7) is 11.3. The molecule has 0 fully saturated rings. The maximum atomic E-state index is 13.1. The Kier molecular flexibility index (Phi) is 14.4. The zero-order valence-electron chi connectivity index (χ0n) is 18.4. The lowest BCUT2D eigenvalue weighted by Crippen LogP contribution is -3.00. The number of Topliss-reactive ketones (excluding diaryl/α,β-unsaturated/α-hetero) is 1. The zero-order valence-corrected chi connectivity index (χ0v) is 20.0. The van der Waals surface area contributed by atoms with Crippen molar-refractivity contribution in [3.8, 4) is 0 Å². The highest BCUT2D eigenvalue weighted by Crippen LogP contribution is 2.61. The Morgan fingerprint density at radius 1 is 0.852 bits per heavy atom. The predicted molar refractivity (Wildman–Crippen MR) is 121 cm³/mol. The van der Waals surface area contributed by atoms with E-state index < -0.39 is 7.26 Å². The van der Waals surface area contributed by atoms with Crippen molar-refractivity contribution in [2.45, 2.75) is 85.5 Å². The van der Waals surface area contributed by atoms with Crippen LogP contribution in [0.5, 0.6) is 0 Å². The van der Waals surface area contributed by atoms with Crippen LogP contribution < -0.4 is 12.4 Å². The fourth-order valence-electron chi connectivity index (χ4n) is 3.68. The molecule has 0 aliphatic rings. The molecule has 27 heavy (non-hydrogen) atoms. The minimum absolute atomic E-state index is 0. The normalized spacial score (nSPS) is 12.5. The third-order valence-electron chi connectivity index (χ3n) is 5.85. The Morgan fingerprint density at radius 3 is 1.67 bits per heavy atom. The van der Waals surface area contributed by atoms with Crippen LogP contribution in [0.25, 0.3) is 0 Å². The number of hydrogen-bond acceptors (Lipinski definition) is 1. The van der Waals surface area contributed by atoms with Crippen LogP contribution in [-0.4, -0.2) is 30.4 Å². The summed E-state index contributed by atoms with van der Waals surface area (Å²) in [6, 6.07) is 8.51. The number of halogens is 1. The second-order valence-corrected chi connectivity index (χ2v) is 12.4. The Hall–Kier alpha value is -0.390.